The second kappa shape index (κ2) is 4.61. The zero-order chi connectivity index (χ0) is 15.3. The van der Waals surface area contributed by atoms with Crippen molar-refractivity contribution < 1.29 is 9.53 Å². The number of hydrogen-bond donors (Lipinski definition) is 0. The van der Waals surface area contributed by atoms with E-state index in [1.165, 1.54) is 11.1 Å². The predicted octanol–water partition coefficient (Wildman–Crippen LogP) is 4.41. The van der Waals surface area contributed by atoms with Crippen molar-refractivity contribution in [3.8, 4) is 5.75 Å². The lowest BCUT2D eigenvalue weighted by atomic mass is 9.57. The minimum Gasteiger partial charge on any atom is -0.496 e. The molecular weight excluding hydrogens is 248 g/mol. The van der Waals surface area contributed by atoms with Crippen molar-refractivity contribution in [2.75, 3.05) is 7.11 Å². The second-order valence-electron chi connectivity index (χ2n) is 7.37. The lowest BCUT2D eigenvalue weighted by Gasteiger charge is -2.47. The van der Waals surface area contributed by atoms with E-state index in [0.29, 0.717) is 17.2 Å². The van der Waals surface area contributed by atoms with E-state index in [9.17, 15) is 4.79 Å². The van der Waals surface area contributed by atoms with Gasteiger partial charge in [-0.15, -0.1) is 0 Å². The van der Waals surface area contributed by atoms with E-state index in [0.717, 1.165) is 18.3 Å². The molecule has 20 heavy (non-hydrogen) atoms. The molecule has 0 bridgehead atoms. The molecule has 1 aliphatic carbocycles. The van der Waals surface area contributed by atoms with Crippen LogP contribution in [-0.2, 0) is 10.8 Å². The summed E-state index contributed by atoms with van der Waals surface area (Å²) in [5.74, 6) is 1.30. The van der Waals surface area contributed by atoms with Crippen LogP contribution in [0.5, 0.6) is 5.75 Å². The SMILES string of the molecule is COc1cc2c(c(C)c1C=O)C(C)(C)CC(C)C2(C)C. The first-order chi connectivity index (χ1) is 9.16. The summed E-state index contributed by atoms with van der Waals surface area (Å²) < 4.78 is 5.45. The van der Waals surface area contributed by atoms with Gasteiger partial charge in [-0.25, -0.2) is 0 Å². The van der Waals surface area contributed by atoms with Crippen molar-refractivity contribution in [2.24, 2.45) is 5.92 Å². The molecule has 2 nitrogen and oxygen atoms in total. The van der Waals surface area contributed by atoms with Crippen LogP contribution in [0.1, 0.15) is 68.1 Å². The quantitative estimate of drug-likeness (QED) is 0.747. The normalized spacial score (nSPS) is 23.1. The van der Waals surface area contributed by atoms with Crippen LogP contribution in [0.15, 0.2) is 6.07 Å². The Kier molecular flexibility index (Phi) is 3.48. The summed E-state index contributed by atoms with van der Waals surface area (Å²) in [5.41, 5.74) is 4.65. The molecule has 1 unspecified atom stereocenters. The maximum absolute atomic E-state index is 11.4. The first kappa shape index (κ1) is 15.1. The van der Waals surface area contributed by atoms with Crippen LogP contribution in [-0.4, -0.2) is 13.4 Å². The fourth-order valence-corrected chi connectivity index (χ4v) is 3.89. The van der Waals surface area contributed by atoms with Crippen molar-refractivity contribution in [3.05, 3.63) is 28.3 Å². The van der Waals surface area contributed by atoms with Crippen molar-refractivity contribution >= 4 is 6.29 Å². The molecule has 1 atom stereocenters. The van der Waals surface area contributed by atoms with Crippen molar-refractivity contribution in [2.45, 2.75) is 58.8 Å². The van der Waals surface area contributed by atoms with Crippen molar-refractivity contribution in [1.82, 2.24) is 0 Å². The minimum absolute atomic E-state index is 0.0956. The summed E-state index contributed by atoms with van der Waals surface area (Å²) in [6.07, 6.45) is 2.06. The Hall–Kier alpha value is -1.31. The highest BCUT2D eigenvalue weighted by Gasteiger charge is 2.43. The first-order valence-corrected chi connectivity index (χ1v) is 7.34. The summed E-state index contributed by atoms with van der Waals surface area (Å²) in [7, 11) is 1.64. The number of benzene rings is 1. The van der Waals surface area contributed by atoms with Crippen LogP contribution < -0.4 is 4.74 Å². The van der Waals surface area contributed by atoms with E-state index in [-0.39, 0.29) is 10.8 Å². The van der Waals surface area contributed by atoms with Crippen molar-refractivity contribution in [1.29, 1.82) is 0 Å². The third-order valence-electron chi connectivity index (χ3n) is 5.35. The molecule has 2 heteroatoms. The topological polar surface area (TPSA) is 26.3 Å². The third-order valence-corrected chi connectivity index (χ3v) is 5.35. The molecule has 0 aromatic heterocycles. The van der Waals surface area contributed by atoms with Crippen LogP contribution in [0, 0.1) is 12.8 Å². The van der Waals surface area contributed by atoms with Gasteiger partial charge in [-0.05, 0) is 52.8 Å². The Bertz CT molecular complexity index is 553. The molecular formula is C18H26O2. The molecule has 0 spiro atoms. The number of carbonyl (C=O) groups is 1. The molecule has 0 radical (unpaired) electrons. The summed E-state index contributed by atoms with van der Waals surface area (Å²) in [5, 5.41) is 0. The van der Waals surface area contributed by atoms with Crippen molar-refractivity contribution in [3.63, 3.8) is 0 Å². The number of ether oxygens (including phenoxy) is 1. The van der Waals surface area contributed by atoms with E-state index >= 15 is 0 Å². The van der Waals surface area contributed by atoms with Gasteiger partial charge in [-0.1, -0.05) is 34.6 Å². The first-order valence-electron chi connectivity index (χ1n) is 7.34. The van der Waals surface area contributed by atoms with Gasteiger partial charge in [0.05, 0.1) is 12.7 Å². The highest BCUT2D eigenvalue weighted by Crippen LogP contribution is 2.51. The van der Waals surface area contributed by atoms with Crippen LogP contribution in [0.25, 0.3) is 0 Å². The molecule has 0 fully saturated rings. The molecule has 0 amide bonds. The molecule has 1 aromatic carbocycles. The van der Waals surface area contributed by atoms with Crippen LogP contribution in [0.3, 0.4) is 0 Å². The molecule has 0 aliphatic heterocycles. The smallest absolute Gasteiger partial charge is 0.154 e. The fourth-order valence-electron chi connectivity index (χ4n) is 3.89. The lowest BCUT2D eigenvalue weighted by Crippen LogP contribution is -2.41. The Labute approximate surface area is 122 Å². The maximum Gasteiger partial charge on any atom is 0.154 e. The van der Waals surface area contributed by atoms with E-state index in [1.54, 1.807) is 7.11 Å². The zero-order valence-corrected chi connectivity index (χ0v) is 13.8. The fraction of sp³-hybridized carbons (Fsp3) is 0.611. The average molecular weight is 274 g/mol. The van der Waals surface area contributed by atoms with E-state index in [1.807, 2.05) is 0 Å². The van der Waals surface area contributed by atoms with Gasteiger partial charge in [-0.2, -0.15) is 0 Å². The maximum atomic E-state index is 11.4. The van der Waals surface area contributed by atoms with Crippen LogP contribution in [0.4, 0.5) is 0 Å². The molecule has 1 aliphatic rings. The lowest BCUT2D eigenvalue weighted by molar-refractivity contribution is 0.111. The van der Waals surface area contributed by atoms with Gasteiger partial charge in [-0.3, -0.25) is 4.79 Å². The van der Waals surface area contributed by atoms with Gasteiger partial charge in [0.2, 0.25) is 0 Å². The molecule has 2 rings (SSSR count). The summed E-state index contributed by atoms with van der Waals surface area (Å²) in [6.45, 7) is 13.5. The van der Waals surface area contributed by atoms with Crippen LogP contribution in [0.2, 0.25) is 0 Å². The van der Waals surface area contributed by atoms with Gasteiger partial charge >= 0.3 is 0 Å². The number of aldehydes is 1. The molecule has 0 saturated heterocycles. The molecule has 0 heterocycles. The number of rotatable bonds is 2. The third kappa shape index (κ3) is 1.97. The number of methoxy groups -OCH3 is 1. The zero-order valence-electron chi connectivity index (χ0n) is 13.8. The Balaban J connectivity index is 2.87. The van der Waals surface area contributed by atoms with E-state index < -0.39 is 0 Å². The summed E-state index contributed by atoms with van der Waals surface area (Å²) >= 11 is 0. The van der Waals surface area contributed by atoms with Gasteiger partial charge in [0.15, 0.2) is 6.29 Å². The van der Waals surface area contributed by atoms with Gasteiger partial charge in [0.1, 0.15) is 5.75 Å². The second-order valence-corrected chi connectivity index (χ2v) is 7.37. The predicted molar refractivity (Wildman–Crippen MR) is 83.0 cm³/mol. The highest BCUT2D eigenvalue weighted by molar-refractivity contribution is 5.83. The monoisotopic (exact) mass is 274 g/mol. The molecule has 110 valence electrons. The van der Waals surface area contributed by atoms with Gasteiger partial charge in [0, 0.05) is 0 Å². The highest BCUT2D eigenvalue weighted by atomic mass is 16.5. The molecule has 0 N–H and O–H groups in total. The average Bonchev–Trinajstić information content (AvgIpc) is 2.34. The number of fused-ring (bicyclic) bond motifs is 1. The Morgan fingerprint density at radius 3 is 2.40 bits per heavy atom. The van der Waals surface area contributed by atoms with E-state index in [2.05, 4.69) is 47.6 Å². The van der Waals surface area contributed by atoms with Crippen LogP contribution >= 0.6 is 0 Å². The summed E-state index contributed by atoms with van der Waals surface area (Å²) in [6, 6.07) is 2.09. The number of carbonyl (C=O) groups excluding carboxylic acids is 1. The minimum atomic E-state index is 0.0956. The molecule has 0 saturated carbocycles. The van der Waals surface area contributed by atoms with E-state index in [4.69, 9.17) is 4.74 Å². The summed E-state index contributed by atoms with van der Waals surface area (Å²) in [4.78, 5) is 11.4. The Morgan fingerprint density at radius 1 is 1.30 bits per heavy atom. The van der Waals surface area contributed by atoms with Gasteiger partial charge < -0.3 is 4.74 Å². The number of hydrogen-bond acceptors (Lipinski definition) is 2. The standard InChI is InChI=1S/C18H26O2/c1-11-9-17(3,4)16-12(2)13(10-19)15(20-7)8-14(16)18(11,5)6/h8,10-11H,9H2,1-7H3. The largest absolute Gasteiger partial charge is 0.496 e. The van der Waals surface area contributed by atoms with Gasteiger partial charge in [0.25, 0.3) is 0 Å². The Morgan fingerprint density at radius 2 is 1.90 bits per heavy atom. The molecule has 1 aromatic rings.